The van der Waals surface area contributed by atoms with Crippen LogP contribution in [0.5, 0.6) is 0 Å². The zero-order valence-electron chi connectivity index (χ0n) is 11.6. The monoisotopic (exact) mass is 294 g/mol. The zero-order valence-corrected chi connectivity index (χ0v) is 11.6. The van der Waals surface area contributed by atoms with Crippen LogP contribution in [-0.4, -0.2) is 21.6 Å². The van der Waals surface area contributed by atoms with Gasteiger partial charge >= 0.3 is 0 Å². The first-order valence-electron chi connectivity index (χ1n) is 6.42. The molecule has 2 aromatic heterocycles. The van der Waals surface area contributed by atoms with Crippen molar-refractivity contribution in [3.8, 4) is 0 Å². The molecule has 0 bridgehead atoms. The molecular formula is C14H14N8. The summed E-state index contributed by atoms with van der Waals surface area (Å²) in [5.41, 5.74) is 13.7. The van der Waals surface area contributed by atoms with Crippen LogP contribution in [0.25, 0.3) is 21.8 Å². The van der Waals surface area contributed by atoms with Crippen molar-refractivity contribution in [3.05, 3.63) is 47.8 Å². The first-order valence-corrected chi connectivity index (χ1v) is 6.42. The Morgan fingerprint density at radius 2 is 1.05 bits per heavy atom. The number of amidine groups is 2. The van der Waals surface area contributed by atoms with Crippen molar-refractivity contribution in [1.82, 2.24) is 9.97 Å². The van der Waals surface area contributed by atoms with Crippen molar-refractivity contribution in [2.45, 2.75) is 0 Å². The summed E-state index contributed by atoms with van der Waals surface area (Å²) in [5.74, 6) is 10.7. The molecular weight excluding hydrogens is 280 g/mol. The molecule has 0 saturated heterocycles. The van der Waals surface area contributed by atoms with Crippen molar-refractivity contribution >= 4 is 33.5 Å². The lowest BCUT2D eigenvalue weighted by molar-refractivity contribution is 1.20. The number of benzene rings is 1. The molecule has 8 heteroatoms. The molecule has 0 spiro atoms. The highest BCUT2D eigenvalue weighted by atomic mass is 15.2. The SMILES string of the molecule is N/N=C(\N)c1ccc2ccc3ccc(/C(N)=N/N)nc3c2n1. The molecule has 0 atom stereocenters. The summed E-state index contributed by atoms with van der Waals surface area (Å²) >= 11 is 0. The van der Waals surface area contributed by atoms with Gasteiger partial charge in [-0.15, -0.1) is 0 Å². The second-order valence-electron chi connectivity index (χ2n) is 4.63. The number of nitrogens with zero attached hydrogens (tertiary/aromatic N) is 4. The van der Waals surface area contributed by atoms with E-state index in [1.807, 2.05) is 24.3 Å². The van der Waals surface area contributed by atoms with E-state index in [0.717, 1.165) is 10.8 Å². The number of nitrogens with two attached hydrogens (primary N) is 4. The van der Waals surface area contributed by atoms with Gasteiger partial charge in [0.15, 0.2) is 11.7 Å². The number of hydrogen-bond donors (Lipinski definition) is 4. The van der Waals surface area contributed by atoms with Gasteiger partial charge < -0.3 is 23.2 Å². The van der Waals surface area contributed by atoms with E-state index >= 15 is 0 Å². The summed E-state index contributed by atoms with van der Waals surface area (Å²) in [4.78, 5) is 8.98. The standard InChI is InChI=1S/C14H14N8/c15-13(21-17)9-5-3-7-1-2-8-4-6-10(14(16)22-18)20-12(8)11(7)19-9/h1-6H,17-18H2,(H2,15,21)(H2,16,22). The van der Waals surface area contributed by atoms with Gasteiger partial charge in [-0.25, -0.2) is 9.97 Å². The van der Waals surface area contributed by atoms with Crippen LogP contribution in [-0.2, 0) is 0 Å². The number of rotatable bonds is 2. The predicted molar refractivity (Wildman–Crippen MR) is 86.9 cm³/mol. The van der Waals surface area contributed by atoms with E-state index in [0.29, 0.717) is 22.4 Å². The molecule has 0 unspecified atom stereocenters. The fraction of sp³-hybridized carbons (Fsp3) is 0. The first-order chi connectivity index (χ1) is 10.6. The van der Waals surface area contributed by atoms with Gasteiger partial charge in [0.1, 0.15) is 11.4 Å². The van der Waals surface area contributed by atoms with Crippen LogP contribution in [0.4, 0.5) is 0 Å². The lowest BCUT2D eigenvalue weighted by atomic mass is 10.1. The molecule has 0 aliphatic rings. The molecule has 0 aliphatic carbocycles. The third-order valence-electron chi connectivity index (χ3n) is 3.32. The summed E-state index contributed by atoms with van der Waals surface area (Å²) in [6, 6.07) is 11.2. The number of pyridine rings is 2. The maximum Gasteiger partial charge on any atom is 0.168 e. The maximum absolute atomic E-state index is 5.72. The highest BCUT2D eigenvalue weighted by Gasteiger charge is 2.09. The number of hydrogen-bond acceptors (Lipinski definition) is 6. The molecule has 3 rings (SSSR count). The Balaban J connectivity index is 2.36. The Morgan fingerprint density at radius 1 is 0.682 bits per heavy atom. The van der Waals surface area contributed by atoms with Gasteiger partial charge in [-0.1, -0.05) is 24.3 Å². The maximum atomic E-state index is 5.72. The lowest BCUT2D eigenvalue weighted by Gasteiger charge is -2.06. The summed E-state index contributed by atoms with van der Waals surface area (Å²) < 4.78 is 0. The van der Waals surface area contributed by atoms with E-state index in [1.54, 1.807) is 12.1 Å². The third-order valence-corrected chi connectivity index (χ3v) is 3.32. The van der Waals surface area contributed by atoms with E-state index in [4.69, 9.17) is 23.2 Å². The normalized spacial score (nSPS) is 12.9. The lowest BCUT2D eigenvalue weighted by Crippen LogP contribution is -2.18. The van der Waals surface area contributed by atoms with Crippen LogP contribution in [0.3, 0.4) is 0 Å². The molecule has 1 aromatic carbocycles. The fourth-order valence-electron chi connectivity index (χ4n) is 2.19. The highest BCUT2D eigenvalue weighted by Crippen LogP contribution is 2.23. The van der Waals surface area contributed by atoms with Crippen molar-refractivity contribution in [2.24, 2.45) is 33.4 Å². The van der Waals surface area contributed by atoms with Crippen LogP contribution < -0.4 is 23.2 Å². The van der Waals surface area contributed by atoms with Gasteiger partial charge in [-0.2, -0.15) is 10.2 Å². The average Bonchev–Trinajstić information content (AvgIpc) is 2.59. The van der Waals surface area contributed by atoms with Crippen LogP contribution in [0.2, 0.25) is 0 Å². The fourth-order valence-corrected chi connectivity index (χ4v) is 2.19. The third kappa shape index (κ3) is 2.12. The second-order valence-corrected chi connectivity index (χ2v) is 4.63. The molecule has 110 valence electrons. The van der Waals surface area contributed by atoms with E-state index in [1.165, 1.54) is 0 Å². The van der Waals surface area contributed by atoms with Gasteiger partial charge in [0, 0.05) is 10.8 Å². The largest absolute Gasteiger partial charge is 0.380 e. The Hall–Kier alpha value is -3.42. The second kappa shape index (κ2) is 5.17. The Kier molecular flexibility index (Phi) is 3.18. The first kappa shape index (κ1) is 13.6. The van der Waals surface area contributed by atoms with E-state index in [9.17, 15) is 0 Å². The average molecular weight is 294 g/mol. The molecule has 0 radical (unpaired) electrons. The molecule has 8 N–H and O–H groups in total. The minimum atomic E-state index is 0.151. The van der Waals surface area contributed by atoms with Gasteiger partial charge in [0.05, 0.1) is 11.0 Å². The number of hydrazone groups is 2. The molecule has 0 amide bonds. The predicted octanol–water partition coefficient (Wildman–Crippen LogP) is -0.0590. The van der Waals surface area contributed by atoms with Gasteiger partial charge in [0.2, 0.25) is 0 Å². The zero-order chi connectivity index (χ0) is 15.7. The van der Waals surface area contributed by atoms with Crippen molar-refractivity contribution < 1.29 is 0 Å². The molecule has 0 fully saturated rings. The molecule has 8 nitrogen and oxygen atoms in total. The van der Waals surface area contributed by atoms with Crippen LogP contribution in [0.15, 0.2) is 46.6 Å². The van der Waals surface area contributed by atoms with Crippen LogP contribution in [0.1, 0.15) is 11.4 Å². The van der Waals surface area contributed by atoms with Gasteiger partial charge in [-0.05, 0) is 12.1 Å². The Labute approximate surface area is 125 Å². The summed E-state index contributed by atoms with van der Waals surface area (Å²) in [7, 11) is 0. The Morgan fingerprint density at radius 3 is 1.41 bits per heavy atom. The van der Waals surface area contributed by atoms with E-state index < -0.39 is 0 Å². The highest BCUT2D eigenvalue weighted by molar-refractivity contribution is 6.07. The topological polar surface area (TPSA) is 155 Å². The number of fused-ring (bicyclic) bond motifs is 3. The molecule has 22 heavy (non-hydrogen) atoms. The summed E-state index contributed by atoms with van der Waals surface area (Å²) in [6.45, 7) is 0. The van der Waals surface area contributed by atoms with Crippen molar-refractivity contribution in [1.29, 1.82) is 0 Å². The van der Waals surface area contributed by atoms with Crippen LogP contribution >= 0.6 is 0 Å². The number of aromatic nitrogens is 2. The Bertz CT molecular complexity index is 852. The molecule has 0 saturated carbocycles. The van der Waals surface area contributed by atoms with Gasteiger partial charge in [-0.3, -0.25) is 0 Å². The molecule has 0 aliphatic heterocycles. The van der Waals surface area contributed by atoms with Crippen LogP contribution in [0, 0.1) is 0 Å². The van der Waals surface area contributed by atoms with E-state index in [-0.39, 0.29) is 11.7 Å². The minimum Gasteiger partial charge on any atom is -0.380 e. The smallest absolute Gasteiger partial charge is 0.168 e. The van der Waals surface area contributed by atoms with Crippen molar-refractivity contribution in [2.75, 3.05) is 0 Å². The molecule has 3 aromatic rings. The summed E-state index contributed by atoms with van der Waals surface area (Å²) in [6.07, 6.45) is 0. The quantitative estimate of drug-likeness (QED) is 0.171. The minimum absolute atomic E-state index is 0.151. The van der Waals surface area contributed by atoms with Gasteiger partial charge in [0.25, 0.3) is 0 Å². The van der Waals surface area contributed by atoms with Crippen molar-refractivity contribution in [3.63, 3.8) is 0 Å². The van der Waals surface area contributed by atoms with E-state index in [2.05, 4.69) is 20.2 Å². The molecule has 2 heterocycles. The summed E-state index contributed by atoms with van der Waals surface area (Å²) in [5, 5.41) is 8.74.